The molecular formula is C15H22N2O2. The lowest BCUT2D eigenvalue weighted by atomic mass is 10.0. The molecule has 1 aromatic rings. The number of nitrogens with one attached hydrogen (secondary N) is 1. The predicted octanol–water partition coefficient (Wildman–Crippen LogP) is 1.81. The Morgan fingerprint density at radius 2 is 1.74 bits per heavy atom. The van der Waals surface area contributed by atoms with Crippen LogP contribution >= 0.6 is 0 Å². The van der Waals surface area contributed by atoms with Crippen molar-refractivity contribution in [2.45, 2.75) is 39.2 Å². The minimum absolute atomic E-state index is 0.0132. The smallest absolute Gasteiger partial charge is 0.220 e. The highest BCUT2D eigenvalue weighted by Crippen LogP contribution is 2.08. The number of ketones is 1. The maximum atomic E-state index is 11.9. The average molecular weight is 262 g/mol. The first-order valence-corrected chi connectivity index (χ1v) is 6.45. The minimum Gasteiger partial charge on any atom is -0.350 e. The SMILES string of the molecule is Cc1ccc(C(=O)CCC(=O)NC(C)(C)CN)cc1. The highest BCUT2D eigenvalue weighted by Gasteiger charge is 2.18. The molecule has 1 aromatic carbocycles. The van der Waals surface area contributed by atoms with E-state index in [9.17, 15) is 9.59 Å². The van der Waals surface area contributed by atoms with E-state index in [4.69, 9.17) is 5.73 Å². The summed E-state index contributed by atoms with van der Waals surface area (Å²) in [5.41, 5.74) is 6.87. The van der Waals surface area contributed by atoms with Crippen molar-refractivity contribution in [2.24, 2.45) is 5.73 Å². The quantitative estimate of drug-likeness (QED) is 0.768. The summed E-state index contributed by atoms with van der Waals surface area (Å²) >= 11 is 0. The van der Waals surface area contributed by atoms with Crippen LogP contribution < -0.4 is 11.1 Å². The highest BCUT2D eigenvalue weighted by molar-refractivity contribution is 5.98. The van der Waals surface area contributed by atoms with Crippen LogP contribution in [-0.4, -0.2) is 23.8 Å². The van der Waals surface area contributed by atoms with Gasteiger partial charge < -0.3 is 11.1 Å². The van der Waals surface area contributed by atoms with E-state index in [-0.39, 0.29) is 24.5 Å². The van der Waals surface area contributed by atoms with Gasteiger partial charge in [0.15, 0.2) is 5.78 Å². The standard InChI is InChI=1S/C15H22N2O2/c1-11-4-6-12(7-5-11)13(18)8-9-14(19)17-15(2,3)10-16/h4-7H,8-10,16H2,1-3H3,(H,17,19). The first-order chi connectivity index (χ1) is 8.84. The number of amides is 1. The molecule has 0 aliphatic heterocycles. The largest absolute Gasteiger partial charge is 0.350 e. The maximum absolute atomic E-state index is 11.9. The summed E-state index contributed by atoms with van der Waals surface area (Å²) < 4.78 is 0. The van der Waals surface area contributed by atoms with Crippen molar-refractivity contribution >= 4 is 11.7 Å². The van der Waals surface area contributed by atoms with Crippen LogP contribution in [-0.2, 0) is 4.79 Å². The number of carbonyl (C=O) groups excluding carboxylic acids is 2. The second kappa shape index (κ2) is 6.48. The molecule has 0 unspecified atom stereocenters. The number of rotatable bonds is 6. The van der Waals surface area contributed by atoms with Gasteiger partial charge in [-0.3, -0.25) is 9.59 Å². The molecule has 19 heavy (non-hydrogen) atoms. The van der Waals surface area contributed by atoms with E-state index in [1.807, 2.05) is 32.9 Å². The Hall–Kier alpha value is -1.68. The summed E-state index contributed by atoms with van der Waals surface area (Å²) in [5, 5.41) is 2.81. The Labute approximate surface area is 114 Å². The normalized spacial score (nSPS) is 11.2. The van der Waals surface area contributed by atoms with Crippen molar-refractivity contribution in [1.29, 1.82) is 0 Å². The zero-order chi connectivity index (χ0) is 14.5. The lowest BCUT2D eigenvalue weighted by molar-refractivity contribution is -0.122. The van der Waals surface area contributed by atoms with Gasteiger partial charge in [-0.1, -0.05) is 29.8 Å². The van der Waals surface area contributed by atoms with Crippen LogP contribution in [0.25, 0.3) is 0 Å². The highest BCUT2D eigenvalue weighted by atomic mass is 16.2. The molecule has 0 aliphatic rings. The van der Waals surface area contributed by atoms with Crippen molar-refractivity contribution in [1.82, 2.24) is 5.32 Å². The van der Waals surface area contributed by atoms with Gasteiger partial charge in [-0.25, -0.2) is 0 Å². The fourth-order valence-electron chi connectivity index (χ4n) is 1.60. The summed E-state index contributed by atoms with van der Waals surface area (Å²) in [6.07, 6.45) is 0.408. The predicted molar refractivity (Wildman–Crippen MR) is 76.0 cm³/mol. The van der Waals surface area contributed by atoms with Gasteiger partial charge >= 0.3 is 0 Å². The maximum Gasteiger partial charge on any atom is 0.220 e. The number of nitrogens with two attached hydrogens (primary N) is 1. The Morgan fingerprint density at radius 3 is 2.26 bits per heavy atom. The van der Waals surface area contributed by atoms with E-state index in [2.05, 4.69) is 5.32 Å². The zero-order valence-electron chi connectivity index (χ0n) is 11.8. The number of aryl methyl sites for hydroxylation is 1. The second-order valence-electron chi connectivity index (χ2n) is 5.43. The van der Waals surface area contributed by atoms with E-state index >= 15 is 0 Å². The van der Waals surface area contributed by atoms with Gasteiger partial charge in [0.05, 0.1) is 0 Å². The van der Waals surface area contributed by atoms with Crippen LogP contribution in [0.15, 0.2) is 24.3 Å². The van der Waals surface area contributed by atoms with Crippen LogP contribution in [0.1, 0.15) is 42.6 Å². The van der Waals surface area contributed by atoms with Gasteiger partial charge in [-0.2, -0.15) is 0 Å². The van der Waals surface area contributed by atoms with Crippen molar-refractivity contribution in [3.05, 3.63) is 35.4 Å². The number of hydrogen-bond donors (Lipinski definition) is 2. The average Bonchev–Trinajstić information content (AvgIpc) is 2.36. The fourth-order valence-corrected chi connectivity index (χ4v) is 1.60. The Balaban J connectivity index is 2.46. The Kier molecular flexibility index (Phi) is 5.24. The van der Waals surface area contributed by atoms with Crippen molar-refractivity contribution in [3.63, 3.8) is 0 Å². The van der Waals surface area contributed by atoms with Gasteiger partial charge in [-0.05, 0) is 20.8 Å². The molecule has 4 nitrogen and oxygen atoms in total. The summed E-state index contributed by atoms with van der Waals surface area (Å²) in [7, 11) is 0. The van der Waals surface area contributed by atoms with Gasteiger partial charge in [0.25, 0.3) is 0 Å². The third kappa shape index (κ3) is 5.22. The monoisotopic (exact) mass is 262 g/mol. The summed E-state index contributed by atoms with van der Waals surface area (Å²) in [6, 6.07) is 7.37. The molecule has 0 atom stereocenters. The van der Waals surface area contributed by atoms with E-state index in [0.717, 1.165) is 5.56 Å². The van der Waals surface area contributed by atoms with Crippen LogP contribution in [0.3, 0.4) is 0 Å². The summed E-state index contributed by atoms with van der Waals surface area (Å²) in [5.74, 6) is -0.156. The molecule has 0 fully saturated rings. The van der Waals surface area contributed by atoms with E-state index in [1.54, 1.807) is 12.1 Å². The summed E-state index contributed by atoms with van der Waals surface area (Å²) in [6.45, 7) is 6.04. The topological polar surface area (TPSA) is 72.2 Å². The van der Waals surface area contributed by atoms with Crippen LogP contribution in [0.2, 0.25) is 0 Å². The lowest BCUT2D eigenvalue weighted by Gasteiger charge is -2.24. The number of Topliss-reactive ketones (excluding diaryl/α,β-unsaturated/α-hetero) is 1. The van der Waals surface area contributed by atoms with Crippen molar-refractivity contribution < 1.29 is 9.59 Å². The van der Waals surface area contributed by atoms with Gasteiger partial charge in [-0.15, -0.1) is 0 Å². The molecule has 1 rings (SSSR count). The van der Waals surface area contributed by atoms with Crippen LogP contribution in [0.5, 0.6) is 0 Å². The molecule has 3 N–H and O–H groups in total. The van der Waals surface area contributed by atoms with E-state index in [0.29, 0.717) is 12.1 Å². The van der Waals surface area contributed by atoms with Crippen LogP contribution in [0.4, 0.5) is 0 Å². The van der Waals surface area contributed by atoms with Crippen LogP contribution in [0, 0.1) is 6.92 Å². The number of hydrogen-bond acceptors (Lipinski definition) is 3. The molecule has 104 valence electrons. The lowest BCUT2D eigenvalue weighted by Crippen LogP contribution is -2.48. The van der Waals surface area contributed by atoms with Crippen molar-refractivity contribution in [3.8, 4) is 0 Å². The van der Waals surface area contributed by atoms with Gasteiger partial charge in [0, 0.05) is 30.5 Å². The van der Waals surface area contributed by atoms with Gasteiger partial charge in [0.1, 0.15) is 0 Å². The molecule has 0 radical (unpaired) electrons. The van der Waals surface area contributed by atoms with Crippen molar-refractivity contribution in [2.75, 3.05) is 6.54 Å². The molecule has 4 heteroatoms. The third-order valence-electron chi connectivity index (χ3n) is 2.94. The molecule has 1 amide bonds. The molecule has 0 heterocycles. The van der Waals surface area contributed by atoms with Gasteiger partial charge in [0.2, 0.25) is 5.91 Å². The first kappa shape index (κ1) is 15.4. The molecule has 0 aliphatic carbocycles. The molecule has 0 aromatic heterocycles. The third-order valence-corrected chi connectivity index (χ3v) is 2.94. The van der Waals surface area contributed by atoms with E-state index in [1.165, 1.54) is 0 Å². The fraction of sp³-hybridized carbons (Fsp3) is 0.467. The zero-order valence-corrected chi connectivity index (χ0v) is 11.8. The Morgan fingerprint density at radius 1 is 1.16 bits per heavy atom. The second-order valence-corrected chi connectivity index (χ2v) is 5.43. The Bertz CT molecular complexity index is 450. The molecule has 0 saturated heterocycles. The molecule has 0 bridgehead atoms. The number of carbonyl (C=O) groups is 2. The minimum atomic E-state index is -0.427. The molecule has 0 saturated carbocycles. The number of benzene rings is 1. The first-order valence-electron chi connectivity index (χ1n) is 6.45. The van der Waals surface area contributed by atoms with E-state index < -0.39 is 5.54 Å². The summed E-state index contributed by atoms with van der Waals surface area (Å²) in [4.78, 5) is 23.6. The molecule has 0 spiro atoms. The molecular weight excluding hydrogens is 240 g/mol.